The molecule has 7 aromatic rings. The molecule has 47 heavy (non-hydrogen) atoms. The first-order valence-corrected chi connectivity index (χ1v) is 16.2. The quantitative estimate of drug-likeness (QED) is 0.102. The maximum Gasteiger partial charge on any atom is 2.00 e. The zero-order valence-corrected chi connectivity index (χ0v) is 29.4. The largest absolute Gasteiger partial charge is 2.00 e. The number of aromatic nitrogens is 4. The molecule has 1 unspecified atom stereocenters. The van der Waals surface area contributed by atoms with E-state index in [-0.39, 0.29) is 21.1 Å². The van der Waals surface area contributed by atoms with Gasteiger partial charge in [-0.1, -0.05) is 87.1 Å². The van der Waals surface area contributed by atoms with Gasteiger partial charge in [0.15, 0.2) is 0 Å². The van der Waals surface area contributed by atoms with Crippen molar-refractivity contribution in [3.05, 3.63) is 132 Å². The molecule has 3 heterocycles. The number of unbranched alkanes of at least 4 members (excludes halogenated alkanes) is 2. The smallest absolute Gasteiger partial charge is 0.509 e. The fraction of sp³-hybridized carbons (Fsp3) is 0.220. The maximum absolute atomic E-state index is 8.29. The molecular formula is C41H38N4OPt. The van der Waals surface area contributed by atoms with Crippen molar-refractivity contribution in [3.63, 3.8) is 0 Å². The van der Waals surface area contributed by atoms with Crippen LogP contribution in [-0.4, -0.2) is 19.3 Å². The van der Waals surface area contributed by atoms with E-state index in [2.05, 4.69) is 78.9 Å². The van der Waals surface area contributed by atoms with Crippen molar-refractivity contribution in [2.75, 3.05) is 0 Å². The van der Waals surface area contributed by atoms with Crippen molar-refractivity contribution in [2.45, 2.75) is 59.3 Å². The van der Waals surface area contributed by atoms with Crippen LogP contribution in [0.3, 0.4) is 0 Å². The normalized spacial score (nSPS) is 12.2. The van der Waals surface area contributed by atoms with Crippen LogP contribution in [0.2, 0.25) is 0 Å². The minimum Gasteiger partial charge on any atom is -0.509 e. The first-order chi connectivity index (χ1) is 22.9. The predicted molar refractivity (Wildman–Crippen MR) is 187 cm³/mol. The summed E-state index contributed by atoms with van der Waals surface area (Å²) < 4.78 is 18.7. The summed E-state index contributed by atoms with van der Waals surface area (Å²) in [4.78, 5) is 4.65. The minimum absolute atomic E-state index is 0. The van der Waals surface area contributed by atoms with Crippen LogP contribution in [0, 0.1) is 26.0 Å². The molecule has 0 spiro atoms. The van der Waals surface area contributed by atoms with Crippen LogP contribution in [0.4, 0.5) is 0 Å². The third kappa shape index (κ3) is 6.42. The Morgan fingerprint density at radius 2 is 1.70 bits per heavy atom. The number of fused-ring (bicyclic) bond motifs is 3. The molecule has 0 saturated heterocycles. The number of hydrogen-bond donors (Lipinski definition) is 0. The van der Waals surface area contributed by atoms with Gasteiger partial charge in [0.05, 0.1) is 7.06 Å². The molecule has 0 aliphatic carbocycles. The molecule has 0 N–H and O–H groups in total. The van der Waals surface area contributed by atoms with Crippen LogP contribution in [0.5, 0.6) is 11.5 Å². The molecule has 0 aliphatic rings. The summed E-state index contributed by atoms with van der Waals surface area (Å²) in [6.07, 6.45) is 6.57. The average Bonchev–Trinajstić information content (AvgIpc) is 3.57. The Morgan fingerprint density at radius 1 is 0.872 bits per heavy atom. The zero-order valence-electron chi connectivity index (χ0n) is 28.2. The fourth-order valence-electron chi connectivity index (χ4n) is 6.49. The van der Waals surface area contributed by atoms with Crippen LogP contribution in [0.1, 0.15) is 63.8 Å². The van der Waals surface area contributed by atoms with Gasteiger partial charge < -0.3 is 9.30 Å². The van der Waals surface area contributed by atoms with Crippen LogP contribution in [0.15, 0.2) is 103 Å². The number of nitrogens with zero attached hydrogens (tertiary/aromatic N) is 4. The molecule has 5 nitrogen and oxygen atoms in total. The number of hydrogen-bond acceptors (Lipinski definition) is 3. The van der Waals surface area contributed by atoms with Gasteiger partial charge in [0.1, 0.15) is 5.82 Å². The van der Waals surface area contributed by atoms with E-state index in [1.54, 1.807) is 18.3 Å². The third-order valence-electron chi connectivity index (χ3n) is 8.86. The molecule has 3 aromatic heterocycles. The van der Waals surface area contributed by atoms with E-state index in [9.17, 15) is 0 Å². The van der Waals surface area contributed by atoms with Gasteiger partial charge in [0, 0.05) is 34.5 Å². The van der Waals surface area contributed by atoms with E-state index in [4.69, 9.17) is 11.2 Å². The molecule has 0 bridgehead atoms. The fourth-order valence-corrected chi connectivity index (χ4v) is 6.49. The van der Waals surface area contributed by atoms with Gasteiger partial charge in [0.25, 0.3) is 0 Å². The number of rotatable bonds is 10. The number of ether oxygens (including phenoxy) is 1. The summed E-state index contributed by atoms with van der Waals surface area (Å²) in [5.74, 6) is 2.30. The third-order valence-corrected chi connectivity index (χ3v) is 8.86. The predicted octanol–water partition coefficient (Wildman–Crippen LogP) is 10.7. The summed E-state index contributed by atoms with van der Waals surface area (Å²) in [5.41, 5.74) is 8.30. The zero-order chi connectivity index (χ0) is 32.5. The summed E-state index contributed by atoms with van der Waals surface area (Å²) >= 11 is 0. The Balaban J connectivity index is 0.00000401. The van der Waals surface area contributed by atoms with Crippen molar-refractivity contribution in [2.24, 2.45) is 0 Å². The summed E-state index contributed by atoms with van der Waals surface area (Å²) in [6, 6.07) is 37.9. The van der Waals surface area contributed by atoms with E-state index >= 15 is 0 Å². The molecule has 1 atom stereocenters. The summed E-state index contributed by atoms with van der Waals surface area (Å²) in [5, 5.41) is 7.07. The number of pyridine rings is 1. The Hall–Kier alpha value is -4.47. The molecule has 4 aromatic carbocycles. The second-order valence-electron chi connectivity index (χ2n) is 12.0. The molecular weight excluding hydrogens is 760 g/mol. The first kappa shape index (κ1) is 31.1. The summed E-state index contributed by atoms with van der Waals surface area (Å²) in [6.45, 7) is 8.69. The van der Waals surface area contributed by atoms with E-state index in [1.807, 2.05) is 54.1 Å². The van der Waals surface area contributed by atoms with Crippen LogP contribution in [-0.2, 0) is 21.1 Å². The van der Waals surface area contributed by atoms with Crippen LogP contribution >= 0.6 is 0 Å². The average molecular weight is 799 g/mol. The molecule has 0 fully saturated rings. The van der Waals surface area contributed by atoms with Crippen molar-refractivity contribution < 1.29 is 27.2 Å². The van der Waals surface area contributed by atoms with Crippen LogP contribution in [0.25, 0.3) is 44.4 Å². The Morgan fingerprint density at radius 3 is 2.51 bits per heavy atom. The minimum atomic E-state index is 0. The van der Waals surface area contributed by atoms with Crippen molar-refractivity contribution in [1.29, 1.82) is 0 Å². The molecule has 0 radical (unpaired) electrons. The molecule has 0 amide bonds. The number of benzene rings is 4. The molecule has 238 valence electrons. The van der Waals surface area contributed by atoms with Gasteiger partial charge >= 0.3 is 21.1 Å². The van der Waals surface area contributed by atoms with Gasteiger partial charge in [-0.25, -0.2) is 4.98 Å². The summed E-state index contributed by atoms with van der Waals surface area (Å²) in [7, 11) is 0. The van der Waals surface area contributed by atoms with Gasteiger partial charge in [-0.3, -0.25) is 4.68 Å². The van der Waals surface area contributed by atoms with Gasteiger partial charge in [0.2, 0.25) is 0 Å². The van der Waals surface area contributed by atoms with Crippen molar-refractivity contribution >= 4 is 21.8 Å². The van der Waals surface area contributed by atoms with Crippen molar-refractivity contribution in [1.82, 2.24) is 19.3 Å². The topological polar surface area (TPSA) is 44.9 Å². The van der Waals surface area contributed by atoms with Gasteiger partial charge in [-0.15, -0.1) is 35.7 Å². The Kier molecular flexibility index (Phi) is 9.35. The maximum atomic E-state index is 8.29. The van der Waals surface area contributed by atoms with E-state index in [1.165, 1.54) is 31.2 Å². The van der Waals surface area contributed by atoms with E-state index < -0.39 is 0 Å². The number of aryl methyl sites for hydroxylation is 1. The van der Waals surface area contributed by atoms with E-state index in [0.717, 1.165) is 50.0 Å². The van der Waals surface area contributed by atoms with E-state index in [0.29, 0.717) is 29.3 Å². The SMILES string of the molecule is [2H]c1ccnc(-n2c3[c-]c(Oc4[c-]c(-n5nc(C)c(-c6ccccc6)c5C)ccc4)ccc3c3cc(C(C)CCCCC)ccc32)c1.[Pt+2]. The molecule has 0 saturated carbocycles. The molecule has 7 rings (SSSR count). The molecule has 6 heteroatoms. The van der Waals surface area contributed by atoms with Gasteiger partial charge in [-0.05, 0) is 66.6 Å². The second kappa shape index (κ2) is 14.1. The standard InChI is InChI=1S/C41H38N4O.Pt/c1-5-6-8-14-28(2)32-20-23-38-37(25-32)36-22-21-35(27-39(36)44(38)40-19-11-12-24-42-40)46-34-18-13-17-33(26-34)45-30(4)41(29(3)43-45)31-15-9-7-10-16-31;/h7,9-13,15-25,28H,5-6,8,14H2,1-4H3;/q-2;+2/i11D;. The monoisotopic (exact) mass is 798 g/mol. The second-order valence-corrected chi connectivity index (χ2v) is 12.0. The first-order valence-electron chi connectivity index (χ1n) is 16.7. The Labute approximate surface area is 292 Å². The molecule has 0 aliphatic heterocycles. The Bertz CT molecular complexity index is 2200. The van der Waals surface area contributed by atoms with Crippen molar-refractivity contribution in [3.8, 4) is 34.1 Å². The van der Waals surface area contributed by atoms with Crippen LogP contribution < -0.4 is 4.74 Å². The van der Waals surface area contributed by atoms with Gasteiger partial charge in [-0.2, -0.15) is 17.2 Å².